The number of carbonyl (C=O) groups excluding carboxylic acids is 1. The van der Waals surface area contributed by atoms with Crippen molar-refractivity contribution in [3.05, 3.63) is 60.0 Å². The van der Waals surface area contributed by atoms with Gasteiger partial charge in [0.2, 0.25) is 5.89 Å². The summed E-state index contributed by atoms with van der Waals surface area (Å²) in [5.41, 5.74) is 2.40. The van der Waals surface area contributed by atoms with Gasteiger partial charge >= 0.3 is 11.8 Å². The fourth-order valence-corrected chi connectivity index (χ4v) is 5.23. The first-order valence-electron chi connectivity index (χ1n) is 12.4. The van der Waals surface area contributed by atoms with Crippen LogP contribution in [0.15, 0.2) is 52.9 Å². The van der Waals surface area contributed by atoms with Gasteiger partial charge in [0.05, 0.1) is 26.8 Å². The molecule has 1 atom stereocenters. The summed E-state index contributed by atoms with van der Waals surface area (Å²) in [6, 6.07) is 15.5. The fourth-order valence-electron chi connectivity index (χ4n) is 5.23. The SMILES string of the molecule is COc1ccc(-c2nnc(C(=O)N3CC(Oc4ccc(CN5CC[C@@]6(CCOC6)C5)cc4)C3)o2)cc1. The number of methoxy groups -OCH3 is 1. The summed E-state index contributed by atoms with van der Waals surface area (Å²) in [5, 5.41) is 7.94. The van der Waals surface area contributed by atoms with Crippen LogP contribution < -0.4 is 9.47 Å². The summed E-state index contributed by atoms with van der Waals surface area (Å²) in [6.07, 6.45) is 2.37. The van der Waals surface area contributed by atoms with E-state index in [0.29, 0.717) is 24.4 Å². The van der Waals surface area contributed by atoms with E-state index in [-0.39, 0.29) is 17.9 Å². The highest BCUT2D eigenvalue weighted by molar-refractivity contribution is 5.90. The molecule has 0 bridgehead atoms. The molecule has 1 aromatic heterocycles. The molecule has 9 nitrogen and oxygen atoms in total. The Morgan fingerprint density at radius 3 is 2.56 bits per heavy atom. The first-order valence-corrected chi connectivity index (χ1v) is 12.4. The molecule has 1 spiro atoms. The molecule has 3 saturated heterocycles. The quantitative estimate of drug-likeness (QED) is 0.499. The first-order chi connectivity index (χ1) is 17.6. The van der Waals surface area contributed by atoms with Crippen LogP contribution in [0.1, 0.15) is 29.1 Å². The summed E-state index contributed by atoms with van der Waals surface area (Å²) in [4.78, 5) is 16.9. The molecule has 3 fully saturated rings. The van der Waals surface area contributed by atoms with Crippen molar-refractivity contribution in [1.82, 2.24) is 20.0 Å². The van der Waals surface area contributed by atoms with Gasteiger partial charge in [-0.25, -0.2) is 0 Å². The number of hydrogen-bond acceptors (Lipinski definition) is 8. The van der Waals surface area contributed by atoms with Crippen LogP contribution in [0.2, 0.25) is 0 Å². The van der Waals surface area contributed by atoms with Gasteiger partial charge in [0.15, 0.2) is 0 Å². The minimum atomic E-state index is -0.284. The molecule has 0 aliphatic carbocycles. The van der Waals surface area contributed by atoms with E-state index in [1.165, 1.54) is 18.4 Å². The highest BCUT2D eigenvalue weighted by Crippen LogP contribution is 2.38. The molecular formula is C27H30N4O5. The maximum absolute atomic E-state index is 12.7. The molecule has 4 heterocycles. The second kappa shape index (κ2) is 9.55. The van der Waals surface area contributed by atoms with E-state index in [1.807, 2.05) is 24.3 Å². The normalized spacial score (nSPS) is 22.2. The van der Waals surface area contributed by atoms with Crippen molar-refractivity contribution in [1.29, 1.82) is 0 Å². The molecule has 188 valence electrons. The fraction of sp³-hybridized carbons (Fsp3) is 0.444. The Balaban J connectivity index is 0.976. The molecule has 0 saturated carbocycles. The summed E-state index contributed by atoms with van der Waals surface area (Å²) >= 11 is 0. The Labute approximate surface area is 209 Å². The van der Waals surface area contributed by atoms with Gasteiger partial charge in [-0.2, -0.15) is 0 Å². The Kier molecular flexibility index (Phi) is 6.10. The Morgan fingerprint density at radius 2 is 1.83 bits per heavy atom. The molecule has 3 aliphatic rings. The van der Waals surface area contributed by atoms with Gasteiger partial charge in [0, 0.05) is 30.7 Å². The first kappa shape index (κ1) is 23.0. The molecule has 0 radical (unpaired) electrons. The molecule has 6 rings (SSSR count). The molecule has 36 heavy (non-hydrogen) atoms. The van der Waals surface area contributed by atoms with Crippen molar-refractivity contribution >= 4 is 5.91 Å². The standard InChI is InChI=1S/C27H30N4O5/c1-33-21-8-4-20(5-9-21)24-28-29-25(36-24)26(32)31-15-23(16-31)35-22-6-2-19(3-7-22)14-30-12-10-27(17-30)11-13-34-18-27/h2-9,23H,10-18H2,1H3/t27-/m1/s1. The maximum atomic E-state index is 12.7. The lowest BCUT2D eigenvalue weighted by atomic mass is 9.87. The van der Waals surface area contributed by atoms with Crippen LogP contribution in [0, 0.1) is 5.41 Å². The second-order valence-corrected chi connectivity index (χ2v) is 10.00. The molecule has 3 aromatic rings. The Morgan fingerprint density at radius 1 is 1.06 bits per heavy atom. The van der Waals surface area contributed by atoms with Gasteiger partial charge in [-0.05, 0) is 61.3 Å². The van der Waals surface area contributed by atoms with Crippen LogP contribution in [0.5, 0.6) is 11.5 Å². The number of amides is 1. The van der Waals surface area contributed by atoms with E-state index >= 15 is 0 Å². The summed E-state index contributed by atoms with van der Waals surface area (Å²) in [7, 11) is 1.60. The molecule has 3 aliphatic heterocycles. The number of benzene rings is 2. The lowest BCUT2D eigenvalue weighted by Gasteiger charge is -2.38. The zero-order valence-corrected chi connectivity index (χ0v) is 20.4. The molecule has 9 heteroatoms. The lowest BCUT2D eigenvalue weighted by molar-refractivity contribution is 0.0150. The van der Waals surface area contributed by atoms with Crippen LogP contribution in [-0.2, 0) is 11.3 Å². The van der Waals surface area contributed by atoms with E-state index in [4.69, 9.17) is 18.6 Å². The summed E-state index contributed by atoms with van der Waals surface area (Å²) in [5.74, 6) is 1.55. The van der Waals surface area contributed by atoms with Crippen molar-refractivity contribution in [3.63, 3.8) is 0 Å². The molecule has 0 unspecified atom stereocenters. The third-order valence-corrected chi connectivity index (χ3v) is 7.41. The summed E-state index contributed by atoms with van der Waals surface area (Å²) < 4.78 is 22.5. The predicted octanol–water partition coefficient (Wildman–Crippen LogP) is 3.26. The highest BCUT2D eigenvalue weighted by atomic mass is 16.5. The average molecular weight is 491 g/mol. The van der Waals surface area contributed by atoms with Crippen LogP contribution >= 0.6 is 0 Å². The predicted molar refractivity (Wildman–Crippen MR) is 131 cm³/mol. The topological polar surface area (TPSA) is 90.2 Å². The van der Waals surface area contributed by atoms with Gasteiger partial charge in [0.1, 0.15) is 17.6 Å². The van der Waals surface area contributed by atoms with Crippen molar-refractivity contribution in [2.45, 2.75) is 25.5 Å². The van der Waals surface area contributed by atoms with Gasteiger partial charge in [0.25, 0.3) is 0 Å². The number of nitrogens with zero attached hydrogens (tertiary/aromatic N) is 4. The van der Waals surface area contributed by atoms with Crippen LogP contribution in [-0.4, -0.2) is 78.5 Å². The van der Waals surface area contributed by atoms with Gasteiger partial charge in [-0.15, -0.1) is 10.2 Å². The van der Waals surface area contributed by atoms with Crippen molar-refractivity contribution in [2.75, 3.05) is 46.5 Å². The second-order valence-electron chi connectivity index (χ2n) is 10.00. The number of likely N-dealkylation sites (tertiary alicyclic amines) is 2. The molecule has 2 aromatic carbocycles. The molecular weight excluding hydrogens is 460 g/mol. The molecule has 1 amide bonds. The van der Waals surface area contributed by atoms with Crippen LogP contribution in [0.4, 0.5) is 0 Å². The monoisotopic (exact) mass is 490 g/mol. The number of ether oxygens (including phenoxy) is 3. The maximum Gasteiger partial charge on any atom is 0.311 e. The number of aromatic nitrogens is 2. The third-order valence-electron chi connectivity index (χ3n) is 7.41. The van der Waals surface area contributed by atoms with E-state index in [9.17, 15) is 4.79 Å². The third kappa shape index (κ3) is 4.68. The number of hydrogen-bond donors (Lipinski definition) is 0. The Bertz CT molecular complexity index is 1200. The number of rotatable bonds is 7. The average Bonchev–Trinajstić information content (AvgIpc) is 3.64. The van der Waals surface area contributed by atoms with Crippen LogP contribution in [0.3, 0.4) is 0 Å². The zero-order valence-electron chi connectivity index (χ0n) is 20.4. The van der Waals surface area contributed by atoms with E-state index in [0.717, 1.165) is 49.9 Å². The minimum Gasteiger partial charge on any atom is -0.497 e. The smallest absolute Gasteiger partial charge is 0.311 e. The highest BCUT2D eigenvalue weighted by Gasteiger charge is 2.41. The number of carbonyl (C=O) groups is 1. The van der Waals surface area contributed by atoms with Gasteiger partial charge in [-0.3, -0.25) is 9.69 Å². The zero-order chi connectivity index (χ0) is 24.5. The van der Waals surface area contributed by atoms with E-state index < -0.39 is 0 Å². The minimum absolute atomic E-state index is 0.0171. The Hall–Kier alpha value is -3.43. The lowest BCUT2D eigenvalue weighted by Crippen LogP contribution is -2.56. The van der Waals surface area contributed by atoms with Crippen molar-refractivity contribution in [3.8, 4) is 23.0 Å². The van der Waals surface area contributed by atoms with Crippen LogP contribution in [0.25, 0.3) is 11.5 Å². The summed E-state index contributed by atoms with van der Waals surface area (Å²) in [6.45, 7) is 6.00. The van der Waals surface area contributed by atoms with Gasteiger partial charge in [-0.1, -0.05) is 12.1 Å². The van der Waals surface area contributed by atoms with Crippen molar-refractivity contribution < 1.29 is 23.4 Å². The van der Waals surface area contributed by atoms with Gasteiger partial charge < -0.3 is 23.5 Å². The van der Waals surface area contributed by atoms with E-state index in [1.54, 1.807) is 24.1 Å². The largest absolute Gasteiger partial charge is 0.497 e. The molecule has 0 N–H and O–H groups in total. The van der Waals surface area contributed by atoms with E-state index in [2.05, 4.69) is 27.2 Å². The van der Waals surface area contributed by atoms with Crippen molar-refractivity contribution in [2.24, 2.45) is 5.41 Å².